The monoisotopic (exact) mass is 757 g/mol. The van der Waals surface area contributed by atoms with Crippen molar-refractivity contribution in [3.05, 3.63) is 83.6 Å². The van der Waals surface area contributed by atoms with E-state index in [0.29, 0.717) is 13.1 Å². The largest absolute Gasteiger partial charge is 0.453 e. The molecule has 2 aliphatic heterocycles. The fourth-order valence-electron chi connectivity index (χ4n) is 8.55. The number of amides is 3. The van der Waals surface area contributed by atoms with Gasteiger partial charge in [0.1, 0.15) is 23.3 Å². The van der Waals surface area contributed by atoms with Gasteiger partial charge in [-0.1, -0.05) is 50.2 Å². The van der Waals surface area contributed by atoms with E-state index in [4.69, 9.17) is 19.4 Å². The number of benzene rings is 3. The minimum Gasteiger partial charge on any atom is -0.453 e. The molecule has 3 amide bonds. The number of alkyl carbamates (subject to hydrolysis) is 1. The van der Waals surface area contributed by atoms with Crippen molar-refractivity contribution in [1.82, 2.24) is 35.1 Å². The Hall–Kier alpha value is -5.65. The maximum Gasteiger partial charge on any atom is 0.410 e. The van der Waals surface area contributed by atoms with Crippen LogP contribution in [0.4, 0.5) is 9.59 Å². The summed E-state index contributed by atoms with van der Waals surface area (Å²) in [5.41, 5.74) is 10.6. The molecular weight excluding hydrogens is 707 g/mol. The first-order valence-corrected chi connectivity index (χ1v) is 19.8. The van der Waals surface area contributed by atoms with Gasteiger partial charge in [-0.15, -0.1) is 0 Å². The zero-order chi connectivity index (χ0) is 39.3. The number of nitrogens with zero attached hydrogens (tertiary/aromatic N) is 4. The molecule has 1 aliphatic carbocycles. The quantitative estimate of drug-likeness (QED) is 0.151. The van der Waals surface area contributed by atoms with E-state index in [9.17, 15) is 14.4 Å². The minimum atomic E-state index is -0.678. The molecule has 12 nitrogen and oxygen atoms in total. The van der Waals surface area contributed by atoms with Crippen LogP contribution in [0, 0.1) is 5.92 Å². The number of ether oxygens (including phenoxy) is 2. The van der Waals surface area contributed by atoms with Crippen molar-refractivity contribution >= 4 is 29.1 Å². The van der Waals surface area contributed by atoms with E-state index in [1.807, 2.05) is 51.8 Å². The summed E-state index contributed by atoms with van der Waals surface area (Å²) in [7, 11) is 1.30. The number of carbonyl (C=O) groups is 3. The van der Waals surface area contributed by atoms with Gasteiger partial charge in [0, 0.05) is 13.1 Å². The number of imidazole rings is 2. The smallest absolute Gasteiger partial charge is 0.410 e. The van der Waals surface area contributed by atoms with Gasteiger partial charge in [0.2, 0.25) is 5.91 Å². The summed E-state index contributed by atoms with van der Waals surface area (Å²) in [6.45, 7) is 10.8. The minimum absolute atomic E-state index is 0.0953. The van der Waals surface area contributed by atoms with Crippen molar-refractivity contribution in [1.29, 1.82) is 0 Å². The molecule has 292 valence electrons. The third kappa shape index (κ3) is 7.24. The standard InChI is InChI=1S/C44H51N7O5/c1-25(2)38(49-42(53)55-6)41(52)50-19-7-10-37(50)40-46-33-18-15-27(23-34(33)47-40)26-13-16-31-28(21-26)11-12-29-22-30(14-17-32(29)31)35-24-45-39(48-35)36-9-8-20-51(36)43(54)56-44(3,4)5/h13-18,21-25,36-38H,7-12,19-20H2,1-6H3,(H,45,48)(H,46,47)(H,49,53)/t36-,37-,38-/m0/s1. The third-order valence-electron chi connectivity index (χ3n) is 11.3. The molecular formula is C44H51N7O5. The topological polar surface area (TPSA) is 146 Å². The molecule has 56 heavy (non-hydrogen) atoms. The number of aromatic amines is 2. The van der Waals surface area contributed by atoms with Crippen molar-refractivity contribution in [2.75, 3.05) is 20.2 Å². The Kier molecular flexibility index (Phi) is 9.84. The van der Waals surface area contributed by atoms with Crippen LogP contribution in [0.3, 0.4) is 0 Å². The number of hydrogen-bond acceptors (Lipinski definition) is 7. The van der Waals surface area contributed by atoms with Gasteiger partial charge in [-0.25, -0.2) is 19.6 Å². The van der Waals surface area contributed by atoms with Gasteiger partial charge < -0.3 is 29.7 Å². The molecule has 0 spiro atoms. The van der Waals surface area contributed by atoms with Crippen molar-refractivity contribution in [3.8, 4) is 33.5 Å². The van der Waals surface area contributed by atoms with Crippen LogP contribution in [-0.2, 0) is 27.1 Å². The molecule has 3 N–H and O–H groups in total. The lowest BCUT2D eigenvalue weighted by Crippen LogP contribution is -2.51. The molecule has 0 bridgehead atoms. The van der Waals surface area contributed by atoms with Crippen LogP contribution in [0.1, 0.15) is 95.2 Å². The van der Waals surface area contributed by atoms with E-state index in [1.54, 1.807) is 4.90 Å². The normalized spacial score (nSPS) is 18.6. The molecule has 4 heterocycles. The molecule has 3 atom stereocenters. The van der Waals surface area contributed by atoms with Gasteiger partial charge in [0.05, 0.1) is 42.1 Å². The van der Waals surface area contributed by atoms with E-state index in [-0.39, 0.29) is 30.0 Å². The van der Waals surface area contributed by atoms with Crippen LogP contribution in [0.15, 0.2) is 60.8 Å². The highest BCUT2D eigenvalue weighted by Crippen LogP contribution is 2.40. The Morgan fingerprint density at radius 1 is 0.821 bits per heavy atom. The molecule has 2 saturated heterocycles. The number of nitrogens with one attached hydrogen (secondary N) is 3. The van der Waals surface area contributed by atoms with E-state index >= 15 is 0 Å². The van der Waals surface area contributed by atoms with Crippen LogP contribution in [0.5, 0.6) is 0 Å². The second-order valence-electron chi connectivity index (χ2n) is 16.7. The second kappa shape index (κ2) is 14.8. The fourth-order valence-corrected chi connectivity index (χ4v) is 8.55. The molecule has 3 aromatic carbocycles. The van der Waals surface area contributed by atoms with Crippen LogP contribution >= 0.6 is 0 Å². The first-order valence-electron chi connectivity index (χ1n) is 19.8. The Labute approximate surface area is 327 Å². The fraction of sp³-hybridized carbons (Fsp3) is 0.432. The molecule has 0 radical (unpaired) electrons. The van der Waals surface area contributed by atoms with E-state index in [0.717, 1.165) is 83.6 Å². The zero-order valence-corrected chi connectivity index (χ0v) is 33.1. The molecule has 0 unspecified atom stereocenters. The van der Waals surface area contributed by atoms with Gasteiger partial charge in [-0.2, -0.15) is 0 Å². The molecule has 2 fully saturated rings. The van der Waals surface area contributed by atoms with Crippen LogP contribution < -0.4 is 5.32 Å². The van der Waals surface area contributed by atoms with Crippen molar-refractivity contribution < 1.29 is 23.9 Å². The van der Waals surface area contributed by atoms with E-state index in [2.05, 4.69) is 63.8 Å². The van der Waals surface area contributed by atoms with E-state index < -0.39 is 17.7 Å². The number of rotatable bonds is 7. The van der Waals surface area contributed by atoms with Crippen molar-refractivity contribution in [3.63, 3.8) is 0 Å². The van der Waals surface area contributed by atoms with Gasteiger partial charge in [-0.05, 0) is 122 Å². The average Bonchev–Trinajstić information content (AvgIpc) is 4.01. The first kappa shape index (κ1) is 37.3. The SMILES string of the molecule is COC(=O)N[C@H](C(=O)N1CCC[C@H]1c1nc2ccc(-c3ccc4c(c3)CCc3cc(-c5cnc([C@@H]6CCCN6C(=O)OC(C)(C)C)[nH]5)ccc3-4)cc2[nH]1)C(C)C. The first-order chi connectivity index (χ1) is 26.9. The highest BCUT2D eigenvalue weighted by Gasteiger charge is 2.38. The molecule has 12 heteroatoms. The predicted molar refractivity (Wildman–Crippen MR) is 215 cm³/mol. The molecule has 5 aromatic rings. The number of likely N-dealkylation sites (tertiary alicyclic amines) is 2. The summed E-state index contributed by atoms with van der Waals surface area (Å²) in [5.74, 6) is 1.34. The summed E-state index contributed by atoms with van der Waals surface area (Å²) in [6, 6.07) is 18.7. The molecule has 3 aliphatic rings. The lowest BCUT2D eigenvalue weighted by atomic mass is 9.83. The number of aryl methyl sites for hydroxylation is 2. The highest BCUT2D eigenvalue weighted by molar-refractivity contribution is 5.87. The Morgan fingerprint density at radius 2 is 1.45 bits per heavy atom. The summed E-state index contributed by atoms with van der Waals surface area (Å²) in [4.78, 5) is 58.9. The molecule has 0 saturated carbocycles. The van der Waals surface area contributed by atoms with Crippen molar-refractivity contribution in [2.45, 2.75) is 96.9 Å². The van der Waals surface area contributed by atoms with Crippen LogP contribution in [0.25, 0.3) is 44.5 Å². The number of H-pyrrole nitrogens is 2. The average molecular weight is 758 g/mol. The Morgan fingerprint density at radius 3 is 2.12 bits per heavy atom. The number of hydrogen-bond donors (Lipinski definition) is 3. The van der Waals surface area contributed by atoms with Gasteiger partial charge in [-0.3, -0.25) is 9.69 Å². The van der Waals surface area contributed by atoms with E-state index in [1.165, 1.54) is 29.4 Å². The summed E-state index contributed by atoms with van der Waals surface area (Å²) < 4.78 is 10.5. The zero-order valence-electron chi connectivity index (χ0n) is 33.1. The third-order valence-corrected chi connectivity index (χ3v) is 11.3. The number of carbonyl (C=O) groups excluding carboxylic acids is 3. The second-order valence-corrected chi connectivity index (χ2v) is 16.7. The van der Waals surface area contributed by atoms with Gasteiger partial charge >= 0.3 is 12.2 Å². The predicted octanol–water partition coefficient (Wildman–Crippen LogP) is 8.50. The van der Waals surface area contributed by atoms with Crippen molar-refractivity contribution in [2.24, 2.45) is 5.92 Å². The Bertz CT molecular complexity index is 2300. The number of fused-ring (bicyclic) bond motifs is 4. The van der Waals surface area contributed by atoms with Crippen LogP contribution in [0.2, 0.25) is 0 Å². The lowest BCUT2D eigenvalue weighted by Gasteiger charge is -2.29. The lowest BCUT2D eigenvalue weighted by molar-refractivity contribution is -0.135. The van der Waals surface area contributed by atoms with Crippen LogP contribution in [-0.4, -0.2) is 79.7 Å². The Balaban J connectivity index is 0.987. The number of methoxy groups -OCH3 is 1. The highest BCUT2D eigenvalue weighted by atomic mass is 16.6. The maximum atomic E-state index is 13.7. The summed E-state index contributed by atoms with van der Waals surface area (Å²) >= 11 is 0. The molecule has 8 rings (SSSR count). The maximum absolute atomic E-state index is 13.7. The summed E-state index contributed by atoms with van der Waals surface area (Å²) in [6.07, 6.45) is 6.27. The summed E-state index contributed by atoms with van der Waals surface area (Å²) in [5, 5.41) is 2.72. The number of aromatic nitrogens is 4. The van der Waals surface area contributed by atoms with Gasteiger partial charge in [0.25, 0.3) is 0 Å². The molecule has 2 aromatic heterocycles. The van der Waals surface area contributed by atoms with Gasteiger partial charge in [0.15, 0.2) is 0 Å².